The van der Waals surface area contributed by atoms with Crippen LogP contribution in [0.25, 0.3) is 0 Å². The van der Waals surface area contributed by atoms with Gasteiger partial charge in [0.25, 0.3) is 0 Å². The number of allylic oxidation sites excluding steroid dienone is 1. The van der Waals surface area contributed by atoms with Gasteiger partial charge >= 0.3 is 5.97 Å². The van der Waals surface area contributed by atoms with Gasteiger partial charge in [-0.1, -0.05) is 74.0 Å². The summed E-state index contributed by atoms with van der Waals surface area (Å²) in [5, 5.41) is 0. The minimum Gasteiger partial charge on any atom is -0.462 e. The monoisotopic (exact) mass is 470 g/mol. The number of esters is 1. The van der Waals surface area contributed by atoms with Crippen molar-refractivity contribution in [3.05, 3.63) is 12.2 Å². The summed E-state index contributed by atoms with van der Waals surface area (Å²) in [6.07, 6.45) is 11.5. The number of rotatable bonds is 3. The van der Waals surface area contributed by atoms with Crippen LogP contribution in [0.2, 0.25) is 0 Å². The second-order valence-corrected chi connectivity index (χ2v) is 14.6. The molecule has 4 aliphatic rings. The maximum Gasteiger partial charge on any atom is 0.302 e. The molecular formula is C32H54O2. The largest absolute Gasteiger partial charge is 0.462 e. The summed E-state index contributed by atoms with van der Waals surface area (Å²) in [5.74, 6) is 4.28. The summed E-state index contributed by atoms with van der Waals surface area (Å²) < 4.78 is 5.89. The highest BCUT2D eigenvalue weighted by molar-refractivity contribution is 5.66. The normalized spacial score (nSPS) is 50.7. The van der Waals surface area contributed by atoms with Crippen LogP contribution in [-0.4, -0.2) is 12.1 Å². The third-order valence-electron chi connectivity index (χ3n) is 13.1. The first-order valence-corrected chi connectivity index (χ1v) is 14.6. The molecular weight excluding hydrogens is 416 g/mol. The minimum absolute atomic E-state index is 0.0521. The maximum absolute atomic E-state index is 11.8. The van der Waals surface area contributed by atoms with E-state index in [1.54, 1.807) is 6.92 Å². The molecule has 4 fully saturated rings. The minimum atomic E-state index is -0.112. The topological polar surface area (TPSA) is 26.3 Å². The van der Waals surface area contributed by atoms with Crippen LogP contribution in [-0.2, 0) is 9.53 Å². The second kappa shape index (κ2) is 8.65. The van der Waals surface area contributed by atoms with E-state index in [9.17, 15) is 4.79 Å². The zero-order chi connectivity index (χ0) is 25.3. The van der Waals surface area contributed by atoms with E-state index in [0.29, 0.717) is 28.1 Å². The average molecular weight is 471 g/mol. The van der Waals surface area contributed by atoms with Gasteiger partial charge < -0.3 is 4.74 Å². The van der Waals surface area contributed by atoms with Crippen LogP contribution in [0.15, 0.2) is 12.2 Å². The second-order valence-electron chi connectivity index (χ2n) is 14.6. The zero-order valence-corrected chi connectivity index (χ0v) is 23.9. The van der Waals surface area contributed by atoms with E-state index in [1.165, 1.54) is 56.9 Å². The van der Waals surface area contributed by atoms with E-state index in [4.69, 9.17) is 4.74 Å². The summed E-state index contributed by atoms with van der Waals surface area (Å²) in [4.78, 5) is 11.8. The van der Waals surface area contributed by atoms with Crippen LogP contribution in [0, 0.1) is 57.2 Å². The molecule has 0 unspecified atom stereocenters. The Morgan fingerprint density at radius 3 is 2.21 bits per heavy atom. The van der Waals surface area contributed by atoms with Crippen LogP contribution in [0.3, 0.4) is 0 Å². The Morgan fingerprint density at radius 1 is 0.941 bits per heavy atom. The lowest BCUT2D eigenvalue weighted by atomic mass is 9.37. The van der Waals surface area contributed by atoms with Gasteiger partial charge in [-0.3, -0.25) is 4.79 Å². The average Bonchev–Trinajstić information content (AvgIpc) is 2.75. The number of carbonyl (C=O) groups excluding carboxylic acids is 1. The van der Waals surface area contributed by atoms with Crippen molar-refractivity contribution in [1.82, 2.24) is 0 Å². The molecule has 0 saturated heterocycles. The lowest BCUT2D eigenvalue weighted by Gasteiger charge is -2.68. The molecule has 4 aliphatic carbocycles. The summed E-state index contributed by atoms with van der Waals surface area (Å²) in [7, 11) is 0. The van der Waals surface area contributed by atoms with Gasteiger partial charge in [0.1, 0.15) is 6.10 Å². The van der Waals surface area contributed by atoms with Crippen molar-refractivity contribution in [2.45, 2.75) is 126 Å². The molecule has 0 aliphatic heterocycles. The molecule has 0 aromatic heterocycles. The van der Waals surface area contributed by atoms with Crippen LogP contribution < -0.4 is 0 Å². The van der Waals surface area contributed by atoms with Crippen molar-refractivity contribution in [2.24, 2.45) is 57.2 Å². The molecule has 194 valence electrons. The lowest BCUT2D eigenvalue weighted by Crippen LogP contribution is -2.62. The first kappa shape index (κ1) is 26.3. The molecule has 0 aromatic carbocycles. The van der Waals surface area contributed by atoms with Gasteiger partial charge in [-0.25, -0.2) is 0 Å². The fourth-order valence-electron chi connectivity index (χ4n) is 10.8. The molecule has 34 heavy (non-hydrogen) atoms. The molecule has 0 spiro atoms. The third kappa shape index (κ3) is 3.75. The van der Waals surface area contributed by atoms with Gasteiger partial charge in [0.05, 0.1) is 0 Å². The molecule has 0 bridgehead atoms. The van der Waals surface area contributed by atoms with Gasteiger partial charge in [-0.15, -0.1) is 0 Å². The van der Waals surface area contributed by atoms with Gasteiger partial charge in [0.2, 0.25) is 0 Å². The zero-order valence-electron chi connectivity index (χ0n) is 23.9. The Kier molecular flexibility index (Phi) is 6.69. The van der Waals surface area contributed by atoms with Gasteiger partial charge in [-0.05, 0) is 103 Å². The SMILES string of the molecule is C=C1CC[C@](C)(CC)[C@H]([C@H]2CC[C@H]3[C@@](C)(CC[C@H]4C(C)(C)[C@@H](OC(C)=O)CC[C@]34C)[C@H]2C)[C@H]1C. The molecule has 2 nitrogen and oxygen atoms in total. The first-order valence-electron chi connectivity index (χ1n) is 14.6. The molecule has 4 saturated carbocycles. The van der Waals surface area contributed by atoms with Gasteiger partial charge in [0.15, 0.2) is 0 Å². The fourth-order valence-corrected chi connectivity index (χ4v) is 10.8. The van der Waals surface area contributed by atoms with Crippen molar-refractivity contribution in [3.63, 3.8) is 0 Å². The lowest BCUT2D eigenvalue weighted by molar-refractivity contribution is -0.214. The molecule has 0 N–H and O–H groups in total. The molecule has 0 aromatic rings. The van der Waals surface area contributed by atoms with E-state index in [1.807, 2.05) is 0 Å². The number of fused-ring (bicyclic) bond motifs is 3. The van der Waals surface area contributed by atoms with Crippen molar-refractivity contribution in [3.8, 4) is 0 Å². The first-order chi connectivity index (χ1) is 15.7. The molecule has 4 rings (SSSR count). The fraction of sp³-hybridized carbons (Fsp3) is 0.906. The highest BCUT2D eigenvalue weighted by Crippen LogP contribution is 2.71. The Labute approximate surface area is 211 Å². The van der Waals surface area contributed by atoms with E-state index in [2.05, 4.69) is 62.0 Å². The Morgan fingerprint density at radius 2 is 1.59 bits per heavy atom. The standard InChI is InChI=1S/C32H54O2/c1-11-30(8)17-14-20(2)21(3)28(30)24-12-13-26-31(9,22(24)4)18-15-25-29(6,7)27(34-23(5)33)16-19-32(25,26)10/h21-22,24-28H,2,11-19H2,1,3-10H3/t21-,22-,24-,25-,26-,27-,28-,30-,31-,32-/m0/s1. The van der Waals surface area contributed by atoms with Gasteiger partial charge in [-0.2, -0.15) is 0 Å². The number of ether oxygens (including phenoxy) is 1. The number of hydrogen-bond donors (Lipinski definition) is 0. The molecule has 0 radical (unpaired) electrons. The quantitative estimate of drug-likeness (QED) is 0.304. The molecule has 2 heteroatoms. The van der Waals surface area contributed by atoms with Crippen molar-refractivity contribution in [1.29, 1.82) is 0 Å². The summed E-state index contributed by atoms with van der Waals surface area (Å²) in [5.41, 5.74) is 2.77. The van der Waals surface area contributed by atoms with Crippen LogP contribution in [0.1, 0.15) is 120 Å². The third-order valence-corrected chi connectivity index (χ3v) is 13.1. The molecule has 0 heterocycles. The highest BCUT2D eigenvalue weighted by Gasteiger charge is 2.64. The van der Waals surface area contributed by atoms with Crippen LogP contribution in [0.5, 0.6) is 0 Å². The smallest absolute Gasteiger partial charge is 0.302 e. The molecule has 10 atom stereocenters. The predicted octanol–water partition coefficient (Wildman–Crippen LogP) is 8.84. The van der Waals surface area contributed by atoms with Crippen molar-refractivity contribution < 1.29 is 9.53 Å². The summed E-state index contributed by atoms with van der Waals surface area (Å²) in [6.45, 7) is 26.4. The van der Waals surface area contributed by atoms with Crippen LogP contribution in [0.4, 0.5) is 0 Å². The van der Waals surface area contributed by atoms with E-state index in [0.717, 1.165) is 30.1 Å². The summed E-state index contributed by atoms with van der Waals surface area (Å²) in [6, 6.07) is 0. The maximum atomic E-state index is 11.8. The van der Waals surface area contributed by atoms with Crippen LogP contribution >= 0.6 is 0 Å². The Balaban J connectivity index is 1.64. The van der Waals surface area contributed by atoms with Crippen molar-refractivity contribution in [2.75, 3.05) is 0 Å². The van der Waals surface area contributed by atoms with Crippen molar-refractivity contribution >= 4 is 5.97 Å². The van der Waals surface area contributed by atoms with E-state index in [-0.39, 0.29) is 17.5 Å². The van der Waals surface area contributed by atoms with E-state index >= 15 is 0 Å². The highest BCUT2D eigenvalue weighted by atomic mass is 16.5. The molecule has 0 amide bonds. The Hall–Kier alpha value is -0.790. The summed E-state index contributed by atoms with van der Waals surface area (Å²) >= 11 is 0. The van der Waals surface area contributed by atoms with Gasteiger partial charge in [0, 0.05) is 12.3 Å². The number of carbonyl (C=O) groups is 1. The number of hydrogen-bond acceptors (Lipinski definition) is 2. The Bertz CT molecular complexity index is 812. The van der Waals surface area contributed by atoms with E-state index < -0.39 is 0 Å². The predicted molar refractivity (Wildman–Crippen MR) is 142 cm³/mol.